The van der Waals surface area contributed by atoms with Crippen LogP contribution in [-0.2, 0) is 16.0 Å². The number of rotatable bonds is 11. The summed E-state index contributed by atoms with van der Waals surface area (Å²) in [7, 11) is 3.47. The first-order chi connectivity index (χ1) is 10.4. The second kappa shape index (κ2) is 12.2. The van der Waals surface area contributed by atoms with Gasteiger partial charge in [-0.1, -0.05) is 0 Å². The van der Waals surface area contributed by atoms with Crippen LogP contribution < -0.4 is 10.6 Å². The molecule has 1 rings (SSSR count). The highest BCUT2D eigenvalue weighted by molar-refractivity contribution is 5.79. The second-order valence-electron chi connectivity index (χ2n) is 4.66. The maximum atomic E-state index is 5.41. The minimum atomic E-state index is 0.663. The molecule has 120 valence electrons. The van der Waals surface area contributed by atoms with Gasteiger partial charge in [0.1, 0.15) is 0 Å². The van der Waals surface area contributed by atoms with Gasteiger partial charge in [0.25, 0.3) is 0 Å². The molecular formula is C15H28N4O2. The standard InChI is InChI=1S/C15H28N4O2/c1-16-15(18-8-11-19-9-4-5-10-19)17-7-3-6-12-21-14-13-20-2/h4-5,9-10H,3,6-8,11-14H2,1-2H3,(H2,16,17,18). The lowest BCUT2D eigenvalue weighted by Crippen LogP contribution is -2.39. The van der Waals surface area contributed by atoms with E-state index in [0.29, 0.717) is 13.2 Å². The fourth-order valence-corrected chi connectivity index (χ4v) is 1.82. The van der Waals surface area contributed by atoms with E-state index in [9.17, 15) is 0 Å². The SMILES string of the molecule is CN=C(NCCCCOCCOC)NCCn1cccc1. The lowest BCUT2D eigenvalue weighted by Gasteiger charge is -2.12. The zero-order chi connectivity index (χ0) is 15.2. The number of unbranched alkanes of at least 4 members (excludes halogenated alkanes) is 1. The average Bonchev–Trinajstić information content (AvgIpc) is 3.01. The fraction of sp³-hybridized carbons (Fsp3) is 0.667. The summed E-state index contributed by atoms with van der Waals surface area (Å²) in [5.41, 5.74) is 0. The summed E-state index contributed by atoms with van der Waals surface area (Å²) in [5, 5.41) is 6.60. The summed E-state index contributed by atoms with van der Waals surface area (Å²) in [6.07, 6.45) is 6.21. The van der Waals surface area contributed by atoms with E-state index in [-0.39, 0.29) is 0 Å². The molecule has 0 bridgehead atoms. The van der Waals surface area contributed by atoms with E-state index in [2.05, 4.69) is 32.6 Å². The average molecular weight is 296 g/mol. The summed E-state index contributed by atoms with van der Waals surface area (Å²) in [6.45, 7) is 4.81. The van der Waals surface area contributed by atoms with Crippen molar-refractivity contribution in [1.29, 1.82) is 0 Å². The minimum Gasteiger partial charge on any atom is -0.382 e. The molecule has 2 N–H and O–H groups in total. The maximum absolute atomic E-state index is 5.41. The Morgan fingerprint density at radius 3 is 2.52 bits per heavy atom. The number of nitrogens with one attached hydrogen (secondary N) is 2. The number of methoxy groups -OCH3 is 1. The van der Waals surface area contributed by atoms with Gasteiger partial charge in [-0.3, -0.25) is 4.99 Å². The first-order valence-corrected chi connectivity index (χ1v) is 7.48. The second-order valence-corrected chi connectivity index (χ2v) is 4.66. The van der Waals surface area contributed by atoms with Crippen LogP contribution in [0.1, 0.15) is 12.8 Å². The molecule has 1 aromatic rings. The number of nitrogens with zero attached hydrogens (tertiary/aromatic N) is 2. The van der Waals surface area contributed by atoms with Gasteiger partial charge in [0.2, 0.25) is 0 Å². The summed E-state index contributed by atoms with van der Waals surface area (Å²) >= 11 is 0. The number of aliphatic imine (C=N–C) groups is 1. The predicted molar refractivity (Wildman–Crippen MR) is 85.7 cm³/mol. The monoisotopic (exact) mass is 296 g/mol. The Morgan fingerprint density at radius 1 is 1.05 bits per heavy atom. The van der Waals surface area contributed by atoms with Gasteiger partial charge in [-0.05, 0) is 25.0 Å². The quantitative estimate of drug-likeness (QED) is 0.365. The summed E-state index contributed by atoms with van der Waals surface area (Å²) < 4.78 is 12.5. The lowest BCUT2D eigenvalue weighted by molar-refractivity contribution is 0.0689. The molecule has 0 amide bonds. The van der Waals surface area contributed by atoms with Gasteiger partial charge in [0.15, 0.2) is 5.96 Å². The Hall–Kier alpha value is -1.53. The van der Waals surface area contributed by atoms with E-state index in [0.717, 1.165) is 45.0 Å². The van der Waals surface area contributed by atoms with E-state index >= 15 is 0 Å². The third-order valence-corrected chi connectivity index (χ3v) is 2.99. The van der Waals surface area contributed by atoms with Crippen molar-refractivity contribution in [3.8, 4) is 0 Å². The number of guanidine groups is 1. The van der Waals surface area contributed by atoms with Crippen molar-refractivity contribution in [2.45, 2.75) is 19.4 Å². The highest BCUT2D eigenvalue weighted by Gasteiger charge is 1.97. The fourth-order valence-electron chi connectivity index (χ4n) is 1.82. The Kier molecular flexibility index (Phi) is 10.2. The molecule has 0 radical (unpaired) electrons. The van der Waals surface area contributed by atoms with E-state index in [1.54, 1.807) is 14.2 Å². The van der Waals surface area contributed by atoms with Crippen LogP contribution in [0.15, 0.2) is 29.5 Å². The zero-order valence-corrected chi connectivity index (χ0v) is 13.2. The molecule has 0 aliphatic carbocycles. The molecule has 0 aliphatic heterocycles. The van der Waals surface area contributed by atoms with Crippen molar-refractivity contribution >= 4 is 5.96 Å². The van der Waals surface area contributed by atoms with Crippen LogP contribution in [0.5, 0.6) is 0 Å². The first kappa shape index (κ1) is 17.5. The number of ether oxygens (including phenoxy) is 2. The van der Waals surface area contributed by atoms with Crippen molar-refractivity contribution < 1.29 is 9.47 Å². The third-order valence-electron chi connectivity index (χ3n) is 2.99. The topological polar surface area (TPSA) is 59.8 Å². The van der Waals surface area contributed by atoms with Crippen LogP contribution in [0.2, 0.25) is 0 Å². The first-order valence-electron chi connectivity index (χ1n) is 7.48. The van der Waals surface area contributed by atoms with Crippen molar-refractivity contribution in [3.05, 3.63) is 24.5 Å². The molecule has 0 aromatic carbocycles. The summed E-state index contributed by atoms with van der Waals surface area (Å²) in [4.78, 5) is 4.20. The predicted octanol–water partition coefficient (Wildman–Crippen LogP) is 1.10. The van der Waals surface area contributed by atoms with Crippen molar-refractivity contribution in [3.63, 3.8) is 0 Å². The van der Waals surface area contributed by atoms with Crippen molar-refractivity contribution in [2.24, 2.45) is 4.99 Å². The van der Waals surface area contributed by atoms with Crippen molar-refractivity contribution in [2.75, 3.05) is 47.1 Å². The van der Waals surface area contributed by atoms with Gasteiger partial charge in [-0.25, -0.2) is 0 Å². The molecule has 1 heterocycles. The van der Waals surface area contributed by atoms with Gasteiger partial charge in [-0.15, -0.1) is 0 Å². The van der Waals surface area contributed by atoms with E-state index in [4.69, 9.17) is 9.47 Å². The summed E-state index contributed by atoms with van der Waals surface area (Å²) in [5.74, 6) is 0.849. The van der Waals surface area contributed by atoms with E-state index in [1.807, 2.05) is 12.1 Å². The van der Waals surface area contributed by atoms with Crippen LogP contribution in [0.4, 0.5) is 0 Å². The molecule has 0 fully saturated rings. The van der Waals surface area contributed by atoms with Crippen LogP contribution in [-0.4, -0.2) is 57.6 Å². The molecule has 0 atom stereocenters. The van der Waals surface area contributed by atoms with Crippen LogP contribution in [0.3, 0.4) is 0 Å². The molecule has 0 aliphatic rings. The Labute approximate surface area is 127 Å². The lowest BCUT2D eigenvalue weighted by atomic mass is 10.3. The molecule has 0 saturated heterocycles. The van der Waals surface area contributed by atoms with Gasteiger partial charge in [0.05, 0.1) is 13.2 Å². The largest absolute Gasteiger partial charge is 0.382 e. The van der Waals surface area contributed by atoms with Gasteiger partial charge in [0, 0.05) is 52.8 Å². The van der Waals surface area contributed by atoms with Gasteiger partial charge >= 0.3 is 0 Å². The molecule has 6 nitrogen and oxygen atoms in total. The number of hydrogen-bond acceptors (Lipinski definition) is 3. The molecule has 0 spiro atoms. The number of aromatic nitrogens is 1. The maximum Gasteiger partial charge on any atom is 0.191 e. The highest BCUT2D eigenvalue weighted by atomic mass is 16.5. The van der Waals surface area contributed by atoms with E-state index < -0.39 is 0 Å². The summed E-state index contributed by atoms with van der Waals surface area (Å²) in [6, 6.07) is 4.06. The smallest absolute Gasteiger partial charge is 0.191 e. The minimum absolute atomic E-state index is 0.663. The normalized spacial score (nSPS) is 11.6. The Bertz CT molecular complexity index is 366. The molecule has 1 aromatic heterocycles. The van der Waals surface area contributed by atoms with Crippen molar-refractivity contribution in [1.82, 2.24) is 15.2 Å². The molecule has 21 heavy (non-hydrogen) atoms. The zero-order valence-electron chi connectivity index (χ0n) is 13.2. The van der Waals surface area contributed by atoms with E-state index in [1.165, 1.54) is 0 Å². The van der Waals surface area contributed by atoms with Gasteiger partial charge in [-0.2, -0.15) is 0 Å². The van der Waals surface area contributed by atoms with Crippen LogP contribution in [0, 0.1) is 0 Å². The van der Waals surface area contributed by atoms with Crippen LogP contribution >= 0.6 is 0 Å². The molecule has 6 heteroatoms. The van der Waals surface area contributed by atoms with Gasteiger partial charge < -0.3 is 24.7 Å². The number of hydrogen-bond donors (Lipinski definition) is 2. The highest BCUT2D eigenvalue weighted by Crippen LogP contribution is 1.90. The molecule has 0 saturated carbocycles. The Balaban J connectivity index is 1.96. The molecular weight excluding hydrogens is 268 g/mol. The molecule has 0 unspecified atom stereocenters. The van der Waals surface area contributed by atoms with Crippen LogP contribution in [0.25, 0.3) is 0 Å². The Morgan fingerprint density at radius 2 is 1.81 bits per heavy atom. The third kappa shape index (κ3) is 9.10.